The van der Waals surface area contributed by atoms with Crippen molar-refractivity contribution in [3.05, 3.63) is 0 Å². The lowest BCUT2D eigenvalue weighted by Crippen LogP contribution is -2.52. The second kappa shape index (κ2) is 9.45. The van der Waals surface area contributed by atoms with E-state index in [1.807, 2.05) is 27.7 Å². The summed E-state index contributed by atoms with van der Waals surface area (Å²) in [5.74, 6) is 0. The molecule has 1 saturated heterocycles. The van der Waals surface area contributed by atoms with Crippen LogP contribution in [-0.2, 0) is 14.2 Å². The molecule has 0 aromatic carbocycles. The first-order chi connectivity index (χ1) is 10.7. The lowest BCUT2D eigenvalue weighted by molar-refractivity contribution is -0.0358. The van der Waals surface area contributed by atoms with Crippen molar-refractivity contribution in [2.24, 2.45) is 0 Å². The predicted octanol–water partition coefficient (Wildman–Crippen LogP) is 2.42. The summed E-state index contributed by atoms with van der Waals surface area (Å²) in [5, 5.41) is 3.46. The molecule has 6 nitrogen and oxygen atoms in total. The topological polar surface area (TPSA) is 60.0 Å². The number of hydrogen-bond acceptors (Lipinski definition) is 5. The number of rotatable bonds is 7. The lowest BCUT2D eigenvalue weighted by Gasteiger charge is -2.37. The Bertz CT molecular complexity index is 357. The van der Waals surface area contributed by atoms with Crippen LogP contribution >= 0.6 is 0 Å². The van der Waals surface area contributed by atoms with Crippen molar-refractivity contribution in [2.75, 3.05) is 32.9 Å². The van der Waals surface area contributed by atoms with E-state index in [0.29, 0.717) is 19.8 Å². The van der Waals surface area contributed by atoms with Crippen LogP contribution in [0.5, 0.6) is 0 Å². The van der Waals surface area contributed by atoms with Gasteiger partial charge in [0.2, 0.25) is 0 Å². The van der Waals surface area contributed by atoms with Gasteiger partial charge in [-0.25, -0.2) is 4.79 Å². The second-order valence-electron chi connectivity index (χ2n) is 7.21. The largest absolute Gasteiger partial charge is 0.444 e. The highest BCUT2D eigenvalue weighted by molar-refractivity contribution is 5.68. The Morgan fingerprint density at radius 2 is 2.09 bits per heavy atom. The van der Waals surface area contributed by atoms with Crippen LogP contribution in [0.1, 0.15) is 48.0 Å². The van der Waals surface area contributed by atoms with Crippen molar-refractivity contribution in [1.82, 2.24) is 10.2 Å². The average molecular weight is 330 g/mol. The van der Waals surface area contributed by atoms with Gasteiger partial charge in [-0.3, -0.25) is 0 Å². The standard InChI is InChI=1S/C17H34N2O4/c1-7-22-14(3)11-18-13(2)10-15-12-21-9-8-19(15)16(20)23-17(4,5)6/h13-15,18H,7-12H2,1-6H3. The van der Waals surface area contributed by atoms with Crippen molar-refractivity contribution < 1.29 is 19.0 Å². The Balaban J connectivity index is 2.49. The fourth-order valence-electron chi connectivity index (χ4n) is 2.61. The molecule has 0 bridgehead atoms. The van der Waals surface area contributed by atoms with Crippen LogP contribution in [0.25, 0.3) is 0 Å². The Morgan fingerprint density at radius 3 is 2.70 bits per heavy atom. The van der Waals surface area contributed by atoms with Gasteiger partial charge in [0.25, 0.3) is 0 Å². The Morgan fingerprint density at radius 1 is 1.39 bits per heavy atom. The van der Waals surface area contributed by atoms with Crippen molar-refractivity contribution in [3.63, 3.8) is 0 Å². The number of carbonyl (C=O) groups is 1. The maximum absolute atomic E-state index is 12.4. The van der Waals surface area contributed by atoms with Crippen molar-refractivity contribution >= 4 is 6.09 Å². The molecule has 0 spiro atoms. The van der Waals surface area contributed by atoms with Crippen LogP contribution in [0.15, 0.2) is 0 Å². The molecule has 1 rings (SSSR count). The maximum atomic E-state index is 12.4. The van der Waals surface area contributed by atoms with Crippen molar-refractivity contribution in [1.29, 1.82) is 0 Å². The minimum atomic E-state index is -0.475. The molecule has 0 radical (unpaired) electrons. The van der Waals surface area contributed by atoms with Gasteiger partial charge in [-0.15, -0.1) is 0 Å². The summed E-state index contributed by atoms with van der Waals surface area (Å²) in [6.45, 7) is 15.1. The van der Waals surface area contributed by atoms with E-state index in [-0.39, 0.29) is 24.3 Å². The molecule has 3 atom stereocenters. The lowest BCUT2D eigenvalue weighted by atomic mass is 10.1. The van der Waals surface area contributed by atoms with Crippen molar-refractivity contribution in [2.45, 2.75) is 71.8 Å². The first-order valence-corrected chi connectivity index (χ1v) is 8.65. The van der Waals surface area contributed by atoms with Crippen LogP contribution < -0.4 is 5.32 Å². The molecule has 1 aliphatic rings. The average Bonchev–Trinajstić information content (AvgIpc) is 2.44. The smallest absolute Gasteiger partial charge is 0.410 e. The number of ether oxygens (including phenoxy) is 3. The fourth-order valence-corrected chi connectivity index (χ4v) is 2.61. The predicted molar refractivity (Wildman–Crippen MR) is 90.7 cm³/mol. The summed E-state index contributed by atoms with van der Waals surface area (Å²) in [6, 6.07) is 0.318. The zero-order valence-corrected chi connectivity index (χ0v) is 15.6. The molecule has 3 unspecified atom stereocenters. The Labute approximate surface area is 140 Å². The van der Waals surface area contributed by atoms with E-state index in [1.54, 1.807) is 4.90 Å². The van der Waals surface area contributed by atoms with Gasteiger partial charge in [-0.05, 0) is 48.0 Å². The Hall–Kier alpha value is -0.850. The highest BCUT2D eigenvalue weighted by atomic mass is 16.6. The van der Waals surface area contributed by atoms with Crippen LogP contribution in [0.2, 0.25) is 0 Å². The van der Waals surface area contributed by atoms with Crippen LogP contribution in [-0.4, -0.2) is 67.7 Å². The summed E-state index contributed by atoms with van der Waals surface area (Å²) in [4.78, 5) is 14.2. The molecule has 0 aromatic heterocycles. The summed E-state index contributed by atoms with van der Waals surface area (Å²) >= 11 is 0. The summed E-state index contributed by atoms with van der Waals surface area (Å²) in [5.41, 5.74) is -0.475. The van der Waals surface area contributed by atoms with Gasteiger partial charge in [0.1, 0.15) is 5.60 Å². The fraction of sp³-hybridized carbons (Fsp3) is 0.941. The van der Waals surface area contributed by atoms with E-state index in [9.17, 15) is 4.79 Å². The van der Waals surface area contributed by atoms with E-state index < -0.39 is 5.60 Å². The van der Waals surface area contributed by atoms with Gasteiger partial charge in [0.05, 0.1) is 25.4 Å². The number of carbonyl (C=O) groups excluding carboxylic acids is 1. The number of nitrogens with zero attached hydrogens (tertiary/aromatic N) is 1. The van der Waals surface area contributed by atoms with Crippen LogP contribution in [0.3, 0.4) is 0 Å². The molecule has 0 saturated carbocycles. The molecule has 1 fully saturated rings. The molecular weight excluding hydrogens is 296 g/mol. The minimum Gasteiger partial charge on any atom is -0.444 e. The number of morpholine rings is 1. The third-order valence-corrected chi connectivity index (χ3v) is 3.69. The minimum absolute atomic E-state index is 0.0449. The quantitative estimate of drug-likeness (QED) is 0.777. The molecule has 1 N–H and O–H groups in total. The van der Waals surface area contributed by atoms with Crippen molar-refractivity contribution in [3.8, 4) is 0 Å². The SMILES string of the molecule is CCOC(C)CNC(C)CC1COCCN1C(=O)OC(C)(C)C. The second-order valence-corrected chi connectivity index (χ2v) is 7.21. The number of hydrogen-bond donors (Lipinski definition) is 1. The van der Waals surface area contributed by atoms with E-state index >= 15 is 0 Å². The van der Waals surface area contributed by atoms with E-state index in [0.717, 1.165) is 19.6 Å². The van der Waals surface area contributed by atoms with Gasteiger partial charge < -0.3 is 24.4 Å². The number of amides is 1. The highest BCUT2D eigenvalue weighted by Gasteiger charge is 2.31. The van der Waals surface area contributed by atoms with E-state index in [4.69, 9.17) is 14.2 Å². The molecule has 0 aromatic rings. The molecular formula is C17H34N2O4. The molecule has 0 aliphatic carbocycles. The maximum Gasteiger partial charge on any atom is 0.410 e. The molecule has 1 heterocycles. The van der Waals surface area contributed by atoms with Gasteiger partial charge in [0.15, 0.2) is 0 Å². The van der Waals surface area contributed by atoms with Gasteiger partial charge >= 0.3 is 6.09 Å². The van der Waals surface area contributed by atoms with Gasteiger partial charge in [-0.1, -0.05) is 0 Å². The molecule has 23 heavy (non-hydrogen) atoms. The summed E-state index contributed by atoms with van der Waals surface area (Å²) in [7, 11) is 0. The van der Waals surface area contributed by atoms with E-state index in [2.05, 4.69) is 19.2 Å². The molecule has 6 heteroatoms. The molecule has 136 valence electrons. The first-order valence-electron chi connectivity index (χ1n) is 8.65. The summed E-state index contributed by atoms with van der Waals surface area (Å²) < 4.78 is 16.6. The van der Waals surface area contributed by atoms with Gasteiger partial charge in [0, 0.05) is 25.7 Å². The molecule has 1 aliphatic heterocycles. The van der Waals surface area contributed by atoms with Crippen LogP contribution in [0, 0.1) is 0 Å². The first kappa shape index (κ1) is 20.2. The monoisotopic (exact) mass is 330 g/mol. The van der Waals surface area contributed by atoms with Gasteiger partial charge in [-0.2, -0.15) is 0 Å². The Kier molecular flexibility index (Phi) is 8.29. The molecule has 1 amide bonds. The zero-order chi connectivity index (χ0) is 17.5. The summed E-state index contributed by atoms with van der Waals surface area (Å²) in [6.07, 6.45) is 0.769. The normalized spacial score (nSPS) is 21.8. The van der Waals surface area contributed by atoms with Crippen LogP contribution in [0.4, 0.5) is 4.79 Å². The van der Waals surface area contributed by atoms with E-state index in [1.165, 1.54) is 0 Å². The zero-order valence-electron chi connectivity index (χ0n) is 15.6. The third kappa shape index (κ3) is 7.99. The highest BCUT2D eigenvalue weighted by Crippen LogP contribution is 2.17. The third-order valence-electron chi connectivity index (χ3n) is 3.69. The number of nitrogens with one attached hydrogen (secondary N) is 1.